The van der Waals surface area contributed by atoms with Crippen LogP contribution in [0.4, 0.5) is 0 Å². The van der Waals surface area contributed by atoms with Gasteiger partial charge in [0.05, 0.1) is 6.04 Å². The van der Waals surface area contributed by atoms with E-state index in [1.165, 1.54) is 22.4 Å². The predicted octanol–water partition coefficient (Wildman–Crippen LogP) is 3.75. The van der Waals surface area contributed by atoms with E-state index in [1.807, 2.05) is 6.07 Å². The Hall–Kier alpha value is -1.12. The molecule has 1 heterocycles. The number of thiophene rings is 1. The number of hydrogen-bond acceptors (Lipinski definition) is 2. The maximum absolute atomic E-state index is 6.20. The molecule has 2 heteroatoms. The van der Waals surface area contributed by atoms with E-state index in [1.54, 1.807) is 11.3 Å². The summed E-state index contributed by atoms with van der Waals surface area (Å²) in [4.78, 5) is 1.23. The van der Waals surface area contributed by atoms with Crippen molar-refractivity contribution in [3.63, 3.8) is 0 Å². The van der Waals surface area contributed by atoms with Crippen LogP contribution in [0.5, 0.6) is 0 Å². The van der Waals surface area contributed by atoms with Gasteiger partial charge in [0, 0.05) is 4.88 Å². The maximum Gasteiger partial charge on any atom is 0.0645 e. The quantitative estimate of drug-likeness (QED) is 0.852. The first-order valence-electron chi connectivity index (χ1n) is 5.69. The molecule has 0 fully saturated rings. The van der Waals surface area contributed by atoms with E-state index in [9.17, 15) is 0 Å². The lowest BCUT2D eigenvalue weighted by Gasteiger charge is -2.10. The molecule has 0 spiro atoms. The van der Waals surface area contributed by atoms with Gasteiger partial charge in [-0.2, -0.15) is 0 Å². The lowest BCUT2D eigenvalue weighted by molar-refractivity contribution is 0.883. The van der Waals surface area contributed by atoms with E-state index >= 15 is 0 Å². The number of nitrogens with two attached hydrogens (primary N) is 1. The minimum absolute atomic E-state index is 0.0238. The highest BCUT2D eigenvalue weighted by molar-refractivity contribution is 7.10. The zero-order chi connectivity index (χ0) is 11.4. The standard InChI is InChI=1S/C14H17NS/c1-2-4-11-6-8-12(9-7-11)14(15)13-5-3-10-16-13/h3,5-10,14H,2,4,15H2,1H3/t14-/m0/s1. The molecule has 0 aliphatic rings. The Morgan fingerprint density at radius 3 is 2.50 bits per heavy atom. The first-order valence-corrected chi connectivity index (χ1v) is 6.57. The Morgan fingerprint density at radius 2 is 1.94 bits per heavy atom. The molecule has 0 radical (unpaired) electrons. The molecule has 0 saturated carbocycles. The zero-order valence-electron chi connectivity index (χ0n) is 9.52. The summed E-state index contributed by atoms with van der Waals surface area (Å²) in [6.45, 7) is 2.20. The van der Waals surface area contributed by atoms with Crippen molar-refractivity contribution in [1.29, 1.82) is 0 Å². The molecule has 84 valence electrons. The second kappa shape index (κ2) is 5.28. The van der Waals surface area contributed by atoms with E-state index < -0.39 is 0 Å². The van der Waals surface area contributed by atoms with Crippen LogP contribution in [0.3, 0.4) is 0 Å². The molecule has 0 aliphatic heterocycles. The van der Waals surface area contributed by atoms with Crippen molar-refractivity contribution < 1.29 is 0 Å². The number of hydrogen-bond donors (Lipinski definition) is 1. The third-order valence-corrected chi connectivity index (χ3v) is 3.68. The third kappa shape index (κ3) is 2.52. The summed E-state index contributed by atoms with van der Waals surface area (Å²) in [6.07, 6.45) is 2.34. The number of aryl methyl sites for hydroxylation is 1. The Balaban J connectivity index is 2.15. The van der Waals surface area contributed by atoms with Gasteiger partial charge >= 0.3 is 0 Å². The van der Waals surface area contributed by atoms with Gasteiger partial charge < -0.3 is 5.73 Å². The molecule has 0 bridgehead atoms. The van der Waals surface area contributed by atoms with Gasteiger partial charge in [-0.3, -0.25) is 0 Å². The molecular weight excluding hydrogens is 214 g/mol. The van der Waals surface area contributed by atoms with Crippen molar-refractivity contribution in [2.75, 3.05) is 0 Å². The molecule has 0 amide bonds. The third-order valence-electron chi connectivity index (χ3n) is 2.73. The van der Waals surface area contributed by atoms with Crippen LogP contribution in [-0.4, -0.2) is 0 Å². The first-order chi connectivity index (χ1) is 7.81. The summed E-state index contributed by atoms with van der Waals surface area (Å²) in [5.41, 5.74) is 8.78. The molecule has 0 unspecified atom stereocenters. The number of benzene rings is 1. The molecule has 2 N–H and O–H groups in total. The normalized spacial score (nSPS) is 12.6. The van der Waals surface area contributed by atoms with Gasteiger partial charge in [0.25, 0.3) is 0 Å². The molecule has 2 aromatic rings. The molecule has 1 nitrogen and oxygen atoms in total. The van der Waals surface area contributed by atoms with Gasteiger partial charge in [-0.15, -0.1) is 11.3 Å². The molecule has 16 heavy (non-hydrogen) atoms. The van der Waals surface area contributed by atoms with Gasteiger partial charge in [-0.25, -0.2) is 0 Å². The highest BCUT2D eigenvalue weighted by atomic mass is 32.1. The molecule has 1 atom stereocenters. The minimum Gasteiger partial charge on any atom is -0.320 e. The van der Waals surface area contributed by atoms with E-state index in [0.29, 0.717) is 0 Å². The summed E-state index contributed by atoms with van der Waals surface area (Å²) in [6, 6.07) is 12.8. The van der Waals surface area contributed by atoms with E-state index in [0.717, 1.165) is 6.42 Å². The summed E-state index contributed by atoms with van der Waals surface area (Å²) in [7, 11) is 0. The van der Waals surface area contributed by atoms with Crippen LogP contribution in [0, 0.1) is 0 Å². The Labute approximate surface area is 101 Å². The van der Waals surface area contributed by atoms with Crippen molar-refractivity contribution in [2.24, 2.45) is 5.73 Å². The van der Waals surface area contributed by atoms with Crippen LogP contribution in [0.25, 0.3) is 0 Å². The Bertz CT molecular complexity index is 417. The van der Waals surface area contributed by atoms with Crippen molar-refractivity contribution in [3.8, 4) is 0 Å². The van der Waals surface area contributed by atoms with Gasteiger partial charge in [-0.1, -0.05) is 43.7 Å². The SMILES string of the molecule is CCCc1ccc([C@H](N)c2cccs2)cc1. The maximum atomic E-state index is 6.20. The molecule has 1 aromatic carbocycles. The summed E-state index contributed by atoms with van der Waals surface area (Å²) in [5.74, 6) is 0. The number of rotatable bonds is 4. The van der Waals surface area contributed by atoms with Gasteiger partial charge in [0.15, 0.2) is 0 Å². The first kappa shape index (κ1) is 11.4. The van der Waals surface area contributed by atoms with Crippen molar-refractivity contribution >= 4 is 11.3 Å². The predicted molar refractivity (Wildman–Crippen MR) is 70.8 cm³/mol. The molecular formula is C14H17NS. The van der Waals surface area contributed by atoms with Crippen LogP contribution in [0.1, 0.15) is 35.4 Å². The monoisotopic (exact) mass is 231 g/mol. The molecule has 1 aromatic heterocycles. The fourth-order valence-corrected chi connectivity index (χ4v) is 2.57. The van der Waals surface area contributed by atoms with Crippen molar-refractivity contribution in [2.45, 2.75) is 25.8 Å². The van der Waals surface area contributed by atoms with Crippen LogP contribution in [0.15, 0.2) is 41.8 Å². The largest absolute Gasteiger partial charge is 0.320 e. The average Bonchev–Trinajstić information content (AvgIpc) is 2.83. The molecule has 0 aliphatic carbocycles. The van der Waals surface area contributed by atoms with Crippen LogP contribution < -0.4 is 5.73 Å². The molecule has 2 rings (SSSR count). The summed E-state index contributed by atoms with van der Waals surface area (Å²) < 4.78 is 0. The fraction of sp³-hybridized carbons (Fsp3) is 0.286. The summed E-state index contributed by atoms with van der Waals surface area (Å²) >= 11 is 1.72. The lowest BCUT2D eigenvalue weighted by atomic mass is 10.0. The highest BCUT2D eigenvalue weighted by Gasteiger charge is 2.08. The van der Waals surface area contributed by atoms with Crippen molar-refractivity contribution in [1.82, 2.24) is 0 Å². The molecule has 0 saturated heterocycles. The van der Waals surface area contributed by atoms with E-state index in [2.05, 4.69) is 42.6 Å². The Kier molecular flexibility index (Phi) is 3.75. The Morgan fingerprint density at radius 1 is 1.19 bits per heavy atom. The van der Waals surface area contributed by atoms with Crippen LogP contribution >= 0.6 is 11.3 Å². The van der Waals surface area contributed by atoms with Crippen molar-refractivity contribution in [3.05, 3.63) is 57.8 Å². The van der Waals surface area contributed by atoms with Crippen LogP contribution in [0.2, 0.25) is 0 Å². The lowest BCUT2D eigenvalue weighted by Crippen LogP contribution is -2.09. The zero-order valence-corrected chi connectivity index (χ0v) is 10.3. The van der Waals surface area contributed by atoms with E-state index in [-0.39, 0.29) is 6.04 Å². The van der Waals surface area contributed by atoms with Gasteiger partial charge in [-0.05, 0) is 29.0 Å². The van der Waals surface area contributed by atoms with Crippen LogP contribution in [-0.2, 0) is 6.42 Å². The second-order valence-corrected chi connectivity index (χ2v) is 4.96. The second-order valence-electron chi connectivity index (χ2n) is 3.98. The van der Waals surface area contributed by atoms with Gasteiger partial charge in [0.1, 0.15) is 0 Å². The van der Waals surface area contributed by atoms with Gasteiger partial charge in [0.2, 0.25) is 0 Å². The minimum atomic E-state index is 0.0238. The van der Waals surface area contributed by atoms with E-state index in [4.69, 9.17) is 5.73 Å². The fourth-order valence-electron chi connectivity index (χ4n) is 1.81. The topological polar surface area (TPSA) is 26.0 Å². The average molecular weight is 231 g/mol. The summed E-state index contributed by atoms with van der Waals surface area (Å²) in [5, 5.41) is 2.07. The smallest absolute Gasteiger partial charge is 0.0645 e. The highest BCUT2D eigenvalue weighted by Crippen LogP contribution is 2.23.